The molecule has 0 radical (unpaired) electrons. The van der Waals surface area contributed by atoms with Crippen LogP contribution in [0.15, 0.2) is 48.5 Å². The van der Waals surface area contributed by atoms with Gasteiger partial charge in [-0.05, 0) is 160 Å². The smallest absolute Gasteiger partial charge is 0.481 e. The SMILES string of the molecule is CCCCc1ccc(-c2ccc(C(=O)N[C@@H](CNC(=O)OC(C)(C)C)C(=O)N[C@@H](CCC(=O)N[C@H](CC(=O)O)C(=O)O)C(=O)N[C@@H](C)C(=O)N[C@@H](CCCCNC(=O)OC(C)(C)C)C(=O)N[C@@H](C)B3OC4C[C@@H]5C[C@@H](C5(C)C)[C@]4(C)O3)cc2)cc1. The van der Waals surface area contributed by atoms with Gasteiger partial charge in [0.1, 0.15) is 41.4 Å². The first-order chi connectivity index (χ1) is 39.7. The van der Waals surface area contributed by atoms with Crippen molar-refractivity contribution in [3.05, 3.63) is 59.7 Å². The zero-order valence-corrected chi connectivity index (χ0v) is 51.2. The van der Waals surface area contributed by atoms with Crippen LogP contribution in [0.1, 0.15) is 163 Å². The Kier molecular flexibility index (Phi) is 23.9. The van der Waals surface area contributed by atoms with E-state index < -0.39 is 145 Å². The van der Waals surface area contributed by atoms with Gasteiger partial charge in [0.2, 0.25) is 29.5 Å². The molecule has 1 saturated heterocycles. The van der Waals surface area contributed by atoms with Crippen LogP contribution in [0.4, 0.5) is 9.59 Å². The quantitative estimate of drug-likeness (QED) is 0.0375. The van der Waals surface area contributed by atoms with Gasteiger partial charge in [-0.25, -0.2) is 14.4 Å². The summed E-state index contributed by atoms with van der Waals surface area (Å²) in [4.78, 5) is 133. The third-order valence-electron chi connectivity index (χ3n) is 15.7. The van der Waals surface area contributed by atoms with Crippen LogP contribution in [0.2, 0.25) is 0 Å². The molecule has 2 aromatic carbocycles. The van der Waals surface area contributed by atoms with Crippen LogP contribution in [0.25, 0.3) is 11.1 Å². The lowest BCUT2D eigenvalue weighted by molar-refractivity contribution is -0.199. The summed E-state index contributed by atoms with van der Waals surface area (Å²) in [5.41, 5.74) is 0.861. The fraction of sp³-hybridized carbons (Fsp3) is 0.633. The number of unbranched alkanes of at least 4 members (excludes halogenated alkanes) is 2. The molecule has 2 aromatic rings. The molecule has 10 N–H and O–H groups in total. The van der Waals surface area contributed by atoms with Crippen molar-refractivity contribution in [3.8, 4) is 11.1 Å². The fourth-order valence-corrected chi connectivity index (χ4v) is 10.9. The van der Waals surface area contributed by atoms with E-state index in [0.717, 1.165) is 43.2 Å². The minimum Gasteiger partial charge on any atom is -0.481 e. The molecule has 468 valence electrons. The Morgan fingerprint density at radius 3 is 1.80 bits per heavy atom. The monoisotopic (exact) mass is 1190 g/mol. The Balaban J connectivity index is 1.34. The molecule has 10 atom stereocenters. The fourth-order valence-electron chi connectivity index (χ4n) is 10.9. The number of hydrogen-bond donors (Lipinski definition) is 10. The lowest BCUT2D eigenvalue weighted by atomic mass is 9.43. The topological polar surface area (TPSA) is 344 Å². The summed E-state index contributed by atoms with van der Waals surface area (Å²) in [6.45, 7) is 21.3. The Morgan fingerprint density at radius 1 is 0.659 bits per heavy atom. The molecule has 6 rings (SSSR count). The molecule has 1 aliphatic heterocycles. The van der Waals surface area contributed by atoms with E-state index in [1.54, 1.807) is 72.7 Å². The van der Waals surface area contributed by atoms with Gasteiger partial charge in [0.05, 0.1) is 30.6 Å². The van der Waals surface area contributed by atoms with Gasteiger partial charge in [-0.2, -0.15) is 0 Å². The molecule has 0 aromatic heterocycles. The van der Waals surface area contributed by atoms with E-state index in [9.17, 15) is 58.2 Å². The number of carboxylic acid groups (broad SMARTS) is 2. The van der Waals surface area contributed by atoms with Crippen LogP contribution in [-0.2, 0) is 58.8 Å². The van der Waals surface area contributed by atoms with Gasteiger partial charge in [-0.15, -0.1) is 0 Å². The highest BCUT2D eigenvalue weighted by Gasteiger charge is 2.68. The number of amides is 8. The molecule has 1 heterocycles. The van der Waals surface area contributed by atoms with E-state index in [1.165, 1.54) is 12.5 Å². The lowest BCUT2D eigenvalue weighted by Gasteiger charge is -2.64. The first-order valence-electron chi connectivity index (χ1n) is 29.4. The molecule has 1 unspecified atom stereocenters. The predicted octanol–water partition coefficient (Wildman–Crippen LogP) is 5.09. The van der Waals surface area contributed by atoms with Gasteiger partial charge in [0.15, 0.2) is 0 Å². The van der Waals surface area contributed by atoms with Crippen molar-refractivity contribution in [2.24, 2.45) is 17.3 Å². The third-order valence-corrected chi connectivity index (χ3v) is 15.7. The molecule has 3 aliphatic carbocycles. The number of carbonyl (C=O) groups excluding carboxylic acids is 8. The summed E-state index contributed by atoms with van der Waals surface area (Å²) >= 11 is 0. The number of ether oxygens (including phenoxy) is 2. The summed E-state index contributed by atoms with van der Waals surface area (Å²) in [5, 5.41) is 39.3. The van der Waals surface area contributed by atoms with Crippen molar-refractivity contribution in [1.82, 2.24) is 42.5 Å². The maximum atomic E-state index is 14.4. The van der Waals surface area contributed by atoms with Crippen molar-refractivity contribution < 1.29 is 76.9 Å². The summed E-state index contributed by atoms with van der Waals surface area (Å²) in [6, 6.07) is 6.80. The molecular weight excluding hydrogens is 1100 g/mol. The number of nitrogens with one attached hydrogen (secondary N) is 8. The molecule has 3 saturated carbocycles. The maximum Gasteiger partial charge on any atom is 0.481 e. The van der Waals surface area contributed by atoms with Gasteiger partial charge < -0.3 is 71.5 Å². The molecular formula is C60H89BN8O16. The number of aliphatic carboxylic acids is 2. The molecule has 25 heteroatoms. The average Bonchev–Trinajstić information content (AvgIpc) is 1.74. The largest absolute Gasteiger partial charge is 0.481 e. The standard InChI is InChI=1S/C60H89BN8O16/c1-13-14-17-36-19-21-37(22-20-36)38-23-25-39(26-24-38)50(74)69-44(33-63-56(81)83-58(7,8)9)53(77)68-42(27-28-47(70)66-43(54(78)79)32-48(71)72)51(75)64-34(2)49(73)67-41(18-15-16-29-62-55(80)82-57(4,5)6)52(76)65-35(3)61-84-46-31-40-30-45(59(40,10)11)60(46,12)85-61/h19-26,34-35,40-46H,13-18,27-33H2,1-12H3,(H,62,80)(H,63,81)(H,64,75)(H,65,76)(H,66,70)(H,67,73)(H,68,77)(H,69,74)(H,71,72)(H,78,79)/t34-,35-,40-,41-,42-,43+,44-,45-,46?,60-/m0/s1. The number of carboxylic acids is 2. The van der Waals surface area contributed by atoms with E-state index in [4.69, 9.17) is 18.8 Å². The van der Waals surface area contributed by atoms with Crippen molar-refractivity contribution >= 4 is 66.7 Å². The summed E-state index contributed by atoms with van der Waals surface area (Å²) in [6.07, 6.45) is 1.72. The summed E-state index contributed by atoms with van der Waals surface area (Å²) in [7, 11) is -0.792. The van der Waals surface area contributed by atoms with Gasteiger partial charge in [0.25, 0.3) is 5.91 Å². The Morgan fingerprint density at radius 2 is 1.22 bits per heavy atom. The van der Waals surface area contributed by atoms with Crippen LogP contribution in [0.5, 0.6) is 0 Å². The molecule has 85 heavy (non-hydrogen) atoms. The van der Waals surface area contributed by atoms with Crippen LogP contribution in [-0.4, -0.2) is 149 Å². The van der Waals surface area contributed by atoms with Gasteiger partial charge >= 0.3 is 31.2 Å². The highest BCUT2D eigenvalue weighted by atomic mass is 16.7. The van der Waals surface area contributed by atoms with Crippen LogP contribution in [0.3, 0.4) is 0 Å². The zero-order chi connectivity index (χ0) is 63.2. The number of rotatable bonds is 29. The molecule has 2 bridgehead atoms. The minimum atomic E-state index is -1.85. The second-order valence-electron chi connectivity index (χ2n) is 25.3. The van der Waals surface area contributed by atoms with E-state index in [-0.39, 0.29) is 36.0 Å². The van der Waals surface area contributed by atoms with Crippen molar-refractivity contribution in [3.63, 3.8) is 0 Å². The van der Waals surface area contributed by atoms with Crippen LogP contribution >= 0.6 is 0 Å². The Hall–Kier alpha value is -7.28. The van der Waals surface area contributed by atoms with Crippen LogP contribution in [0, 0.1) is 17.3 Å². The number of hydrogen-bond acceptors (Lipinski definition) is 14. The zero-order valence-electron chi connectivity index (χ0n) is 51.2. The molecule has 24 nitrogen and oxygen atoms in total. The molecule has 8 amide bonds. The number of aryl methyl sites for hydroxylation is 1. The van der Waals surface area contributed by atoms with E-state index in [1.807, 2.05) is 24.3 Å². The Bertz CT molecular complexity index is 2710. The van der Waals surface area contributed by atoms with Crippen molar-refractivity contribution in [2.75, 3.05) is 13.1 Å². The average molecular weight is 1190 g/mol. The third kappa shape index (κ3) is 20.2. The second-order valence-corrected chi connectivity index (χ2v) is 25.3. The first kappa shape index (κ1) is 68.5. The summed E-state index contributed by atoms with van der Waals surface area (Å²) < 4.78 is 23.7. The highest BCUT2D eigenvalue weighted by Crippen LogP contribution is 2.65. The lowest BCUT2D eigenvalue weighted by Crippen LogP contribution is -2.65. The van der Waals surface area contributed by atoms with Gasteiger partial charge in [-0.1, -0.05) is 63.6 Å². The summed E-state index contributed by atoms with van der Waals surface area (Å²) in [5.74, 6) is -8.38. The van der Waals surface area contributed by atoms with Crippen LogP contribution < -0.4 is 42.5 Å². The molecule has 4 fully saturated rings. The number of carbonyl (C=O) groups is 10. The number of benzene rings is 2. The maximum absolute atomic E-state index is 14.4. The van der Waals surface area contributed by atoms with E-state index in [2.05, 4.69) is 70.2 Å². The van der Waals surface area contributed by atoms with E-state index in [0.29, 0.717) is 18.8 Å². The van der Waals surface area contributed by atoms with E-state index >= 15 is 0 Å². The Labute approximate surface area is 498 Å². The predicted molar refractivity (Wildman–Crippen MR) is 314 cm³/mol. The van der Waals surface area contributed by atoms with Gasteiger partial charge in [0, 0.05) is 18.5 Å². The van der Waals surface area contributed by atoms with Crippen molar-refractivity contribution in [1.29, 1.82) is 0 Å². The normalized spacial score (nSPS) is 20.6. The van der Waals surface area contributed by atoms with Gasteiger partial charge in [-0.3, -0.25) is 33.6 Å². The van der Waals surface area contributed by atoms with Crippen molar-refractivity contribution in [2.45, 2.75) is 213 Å². The first-order valence-corrected chi connectivity index (χ1v) is 29.4. The molecule has 4 aliphatic rings. The highest BCUT2D eigenvalue weighted by molar-refractivity contribution is 6.47. The second kappa shape index (κ2) is 29.7. The minimum absolute atomic E-state index is 0.0696. The number of alkyl carbamates (subject to hydrolysis) is 2. The molecule has 0 spiro atoms.